The van der Waals surface area contributed by atoms with E-state index in [0.717, 1.165) is 42.6 Å². The van der Waals surface area contributed by atoms with Gasteiger partial charge in [-0.1, -0.05) is 13.8 Å². The van der Waals surface area contributed by atoms with Crippen LogP contribution in [-0.2, 0) is 11.2 Å². The molecule has 1 N–H and O–H groups in total. The van der Waals surface area contributed by atoms with Crippen molar-refractivity contribution in [3.8, 4) is 0 Å². The van der Waals surface area contributed by atoms with Gasteiger partial charge in [-0.3, -0.25) is 4.79 Å². The maximum atomic E-state index is 12.2. The van der Waals surface area contributed by atoms with Gasteiger partial charge in [0.1, 0.15) is 0 Å². The highest BCUT2D eigenvalue weighted by Gasteiger charge is 2.22. The van der Waals surface area contributed by atoms with Crippen LogP contribution in [0.1, 0.15) is 43.3 Å². The summed E-state index contributed by atoms with van der Waals surface area (Å²) in [5, 5.41) is 6.22. The summed E-state index contributed by atoms with van der Waals surface area (Å²) in [5.41, 5.74) is 0.872. The SMILES string of the molecule is CC(C)c1nc(CC(=O)NC2CCN(c3ncccn3)CC2)cs1. The number of hydrogen-bond acceptors (Lipinski definition) is 6. The molecule has 1 fully saturated rings. The second-order valence-electron chi connectivity index (χ2n) is 6.39. The summed E-state index contributed by atoms with van der Waals surface area (Å²) >= 11 is 1.63. The molecule has 1 saturated heterocycles. The summed E-state index contributed by atoms with van der Waals surface area (Å²) in [6, 6.07) is 2.04. The van der Waals surface area contributed by atoms with E-state index in [0.29, 0.717) is 12.3 Å². The van der Waals surface area contributed by atoms with Crippen molar-refractivity contribution in [3.05, 3.63) is 34.5 Å². The van der Waals surface area contributed by atoms with Gasteiger partial charge in [0, 0.05) is 42.8 Å². The largest absolute Gasteiger partial charge is 0.353 e. The minimum atomic E-state index is 0.0602. The van der Waals surface area contributed by atoms with Gasteiger partial charge in [0.15, 0.2) is 0 Å². The molecular formula is C17H23N5OS. The van der Waals surface area contributed by atoms with Gasteiger partial charge in [-0.25, -0.2) is 15.0 Å². The summed E-state index contributed by atoms with van der Waals surface area (Å²) in [6.07, 6.45) is 5.72. The van der Waals surface area contributed by atoms with Gasteiger partial charge in [-0.15, -0.1) is 11.3 Å². The molecule has 6 nitrogen and oxygen atoms in total. The summed E-state index contributed by atoms with van der Waals surface area (Å²) in [5.74, 6) is 1.24. The maximum absolute atomic E-state index is 12.2. The lowest BCUT2D eigenvalue weighted by Gasteiger charge is -2.32. The number of carbonyl (C=O) groups is 1. The number of nitrogens with zero attached hydrogens (tertiary/aromatic N) is 4. The number of piperidine rings is 1. The number of amides is 1. The molecule has 1 aliphatic rings. The molecule has 0 saturated carbocycles. The summed E-state index contributed by atoms with van der Waals surface area (Å²) < 4.78 is 0. The zero-order valence-corrected chi connectivity index (χ0v) is 14.9. The van der Waals surface area contributed by atoms with Gasteiger partial charge < -0.3 is 10.2 Å². The van der Waals surface area contributed by atoms with Crippen LogP contribution in [0.2, 0.25) is 0 Å². The van der Waals surface area contributed by atoms with Gasteiger partial charge in [0.05, 0.1) is 17.1 Å². The zero-order chi connectivity index (χ0) is 16.9. The number of carbonyl (C=O) groups excluding carboxylic acids is 1. The van der Waals surface area contributed by atoms with E-state index in [1.54, 1.807) is 23.7 Å². The number of thiazole rings is 1. The molecule has 1 aliphatic heterocycles. The lowest BCUT2D eigenvalue weighted by molar-refractivity contribution is -0.121. The molecule has 0 aromatic carbocycles. The van der Waals surface area contributed by atoms with Gasteiger partial charge in [0.25, 0.3) is 0 Å². The Morgan fingerprint density at radius 1 is 1.33 bits per heavy atom. The van der Waals surface area contributed by atoms with Crippen LogP contribution >= 0.6 is 11.3 Å². The van der Waals surface area contributed by atoms with Crippen LogP contribution in [0.5, 0.6) is 0 Å². The topological polar surface area (TPSA) is 71.0 Å². The van der Waals surface area contributed by atoms with E-state index in [9.17, 15) is 4.79 Å². The molecule has 128 valence electrons. The highest BCUT2D eigenvalue weighted by molar-refractivity contribution is 7.09. The Labute approximate surface area is 146 Å². The Kier molecular flexibility index (Phi) is 5.40. The molecule has 2 aromatic rings. The molecule has 24 heavy (non-hydrogen) atoms. The van der Waals surface area contributed by atoms with Crippen molar-refractivity contribution < 1.29 is 4.79 Å². The molecule has 0 bridgehead atoms. The number of rotatable bonds is 5. The fraction of sp³-hybridized carbons (Fsp3) is 0.529. The van der Waals surface area contributed by atoms with Gasteiger partial charge >= 0.3 is 0 Å². The number of aromatic nitrogens is 3. The first kappa shape index (κ1) is 16.8. The maximum Gasteiger partial charge on any atom is 0.226 e. The zero-order valence-electron chi connectivity index (χ0n) is 14.1. The first-order chi connectivity index (χ1) is 11.6. The van der Waals surface area contributed by atoms with Crippen LogP contribution in [0.15, 0.2) is 23.8 Å². The normalized spacial score (nSPS) is 15.7. The molecule has 7 heteroatoms. The van der Waals surface area contributed by atoms with E-state index in [-0.39, 0.29) is 11.9 Å². The third kappa shape index (κ3) is 4.29. The lowest BCUT2D eigenvalue weighted by Crippen LogP contribution is -2.45. The second kappa shape index (κ2) is 7.70. The molecular weight excluding hydrogens is 322 g/mol. The molecule has 1 amide bonds. The van der Waals surface area contributed by atoms with Crippen molar-refractivity contribution in [1.82, 2.24) is 20.3 Å². The Bertz CT molecular complexity index is 665. The molecule has 3 rings (SSSR count). The van der Waals surface area contributed by atoms with Crippen LogP contribution < -0.4 is 10.2 Å². The minimum Gasteiger partial charge on any atom is -0.353 e. The fourth-order valence-corrected chi connectivity index (χ4v) is 3.63. The average molecular weight is 345 g/mol. The van der Waals surface area contributed by atoms with E-state index in [4.69, 9.17) is 0 Å². The third-order valence-electron chi connectivity index (χ3n) is 4.10. The first-order valence-electron chi connectivity index (χ1n) is 8.37. The van der Waals surface area contributed by atoms with Crippen molar-refractivity contribution in [3.63, 3.8) is 0 Å². The van der Waals surface area contributed by atoms with Gasteiger partial charge in [0.2, 0.25) is 11.9 Å². The Balaban J connectivity index is 1.46. The quantitative estimate of drug-likeness (QED) is 0.901. The lowest BCUT2D eigenvalue weighted by atomic mass is 10.1. The van der Waals surface area contributed by atoms with Crippen LogP contribution in [0.3, 0.4) is 0 Å². The molecule has 0 atom stereocenters. The predicted octanol–water partition coefficient (Wildman–Crippen LogP) is 2.38. The molecule has 0 radical (unpaired) electrons. The Hall–Kier alpha value is -2.02. The third-order valence-corrected chi connectivity index (χ3v) is 5.29. The van der Waals surface area contributed by atoms with Crippen LogP contribution in [-0.4, -0.2) is 40.0 Å². The summed E-state index contributed by atoms with van der Waals surface area (Å²) in [6.45, 7) is 5.96. The smallest absolute Gasteiger partial charge is 0.226 e. The Morgan fingerprint density at radius 2 is 2.04 bits per heavy atom. The molecule has 0 spiro atoms. The standard InChI is InChI=1S/C17H23N5OS/c1-12(2)16-21-14(11-24-16)10-15(23)20-13-4-8-22(9-5-13)17-18-6-3-7-19-17/h3,6-7,11-13H,4-5,8-10H2,1-2H3,(H,20,23). The first-order valence-corrected chi connectivity index (χ1v) is 9.25. The number of hydrogen-bond donors (Lipinski definition) is 1. The summed E-state index contributed by atoms with van der Waals surface area (Å²) in [4.78, 5) is 27.5. The fourth-order valence-electron chi connectivity index (χ4n) is 2.79. The minimum absolute atomic E-state index is 0.0602. The summed E-state index contributed by atoms with van der Waals surface area (Å²) in [7, 11) is 0. The second-order valence-corrected chi connectivity index (χ2v) is 7.28. The van der Waals surface area contributed by atoms with Crippen molar-refractivity contribution in [2.24, 2.45) is 0 Å². The predicted molar refractivity (Wildman–Crippen MR) is 95.3 cm³/mol. The van der Waals surface area contributed by atoms with Crippen LogP contribution in [0, 0.1) is 0 Å². The van der Waals surface area contributed by atoms with Crippen molar-refractivity contribution in [2.75, 3.05) is 18.0 Å². The van der Waals surface area contributed by atoms with E-state index in [2.05, 4.69) is 39.0 Å². The molecule has 3 heterocycles. The Morgan fingerprint density at radius 3 is 2.67 bits per heavy atom. The van der Waals surface area contributed by atoms with Crippen molar-refractivity contribution >= 4 is 23.2 Å². The highest BCUT2D eigenvalue weighted by atomic mass is 32.1. The number of nitrogens with one attached hydrogen (secondary N) is 1. The number of anilines is 1. The highest BCUT2D eigenvalue weighted by Crippen LogP contribution is 2.20. The van der Waals surface area contributed by atoms with Gasteiger partial charge in [-0.2, -0.15) is 0 Å². The van der Waals surface area contributed by atoms with Crippen molar-refractivity contribution in [2.45, 2.75) is 45.1 Å². The molecule has 0 aliphatic carbocycles. The monoisotopic (exact) mass is 345 g/mol. The van der Waals surface area contributed by atoms with Gasteiger partial charge in [-0.05, 0) is 18.9 Å². The van der Waals surface area contributed by atoms with E-state index in [1.807, 2.05) is 11.4 Å². The van der Waals surface area contributed by atoms with Crippen molar-refractivity contribution in [1.29, 1.82) is 0 Å². The van der Waals surface area contributed by atoms with E-state index >= 15 is 0 Å². The molecule has 2 aromatic heterocycles. The molecule has 0 unspecified atom stereocenters. The van der Waals surface area contributed by atoms with E-state index in [1.165, 1.54) is 0 Å². The van der Waals surface area contributed by atoms with Crippen LogP contribution in [0.25, 0.3) is 0 Å². The van der Waals surface area contributed by atoms with E-state index < -0.39 is 0 Å². The van der Waals surface area contributed by atoms with Crippen LogP contribution in [0.4, 0.5) is 5.95 Å². The average Bonchev–Trinajstić information content (AvgIpc) is 3.05.